The molecule has 0 unspecified atom stereocenters. The van der Waals surface area contributed by atoms with Gasteiger partial charge in [-0.25, -0.2) is 54.3 Å². The zero-order valence-corrected chi connectivity index (χ0v) is 84.3. The lowest BCUT2D eigenvalue weighted by atomic mass is 10.00. The van der Waals surface area contributed by atoms with Crippen molar-refractivity contribution in [1.82, 2.24) is 69.7 Å². The number of carbonyl (C=O) groups is 10. The molecule has 0 spiro atoms. The maximum absolute atomic E-state index is 13.4. The van der Waals surface area contributed by atoms with E-state index in [0.717, 1.165) is 50.9 Å². The van der Waals surface area contributed by atoms with Crippen LogP contribution in [0.25, 0.3) is 33.2 Å². The summed E-state index contributed by atoms with van der Waals surface area (Å²) in [5.74, 6) is -1.42. The van der Waals surface area contributed by atoms with Crippen molar-refractivity contribution in [2.75, 3.05) is 54.4 Å². The van der Waals surface area contributed by atoms with Gasteiger partial charge < -0.3 is 72.0 Å². The monoisotopic (exact) mass is 2190 g/mol. The SMILES string of the molecule is CC(=O)C(=N)c1ccc(-c2cnc(C)nc2)cc1NCC(=O)O.CC(=O)c1nn(CC(=O)N2C[C@@H](O)C[C@H]2C(=O)Nc2cccc(Br)n2)c2ccc(-c3cnc(C)nc3)cc12.CC(C)(C)OC(=O)N1C[C@@H](O)C[C@H]1C(=O)Nc1cccc(Br)n1.CC(C)(C)OC(=O)N1C[C@@H](O)C[C@H]1C(=O)O.Cl.Nc1cccc(Br)n1.O=C(Cc1cccc(Br)n1)[C@@H]1C[C@H](O)CN1.S.S=S.S=S=S. The second-order valence-electron chi connectivity index (χ2n) is 30.7. The van der Waals surface area contributed by atoms with Crippen molar-refractivity contribution in [3.05, 3.63) is 181 Å². The third-order valence-corrected chi connectivity index (χ3v) is 20.0. The van der Waals surface area contributed by atoms with Crippen LogP contribution in [0.2, 0.25) is 0 Å². The molecule has 131 heavy (non-hydrogen) atoms. The van der Waals surface area contributed by atoms with Crippen LogP contribution in [0.3, 0.4) is 0 Å². The van der Waals surface area contributed by atoms with Gasteiger partial charge in [-0.15, -0.1) is 12.4 Å². The number of pyridine rings is 4. The number of ether oxygens (including phenoxy) is 2. The van der Waals surface area contributed by atoms with Crippen LogP contribution in [0.5, 0.6) is 0 Å². The molecule has 9 aromatic rings. The summed E-state index contributed by atoms with van der Waals surface area (Å²) in [5.41, 5.74) is 9.27. The summed E-state index contributed by atoms with van der Waals surface area (Å²) in [5, 5.41) is 80.5. The number of nitrogens with one attached hydrogen (secondary N) is 5. The minimum Gasteiger partial charge on any atom is -0.480 e. The number of amides is 5. The van der Waals surface area contributed by atoms with Gasteiger partial charge in [-0.05, 0) is 203 Å². The van der Waals surface area contributed by atoms with Gasteiger partial charge >= 0.3 is 24.1 Å². The molecule has 8 atom stereocenters. The van der Waals surface area contributed by atoms with E-state index in [0.29, 0.717) is 79.8 Å². The topological polar surface area (TPSA) is 539 Å². The standard InChI is InChI=1S/C26H24BrN7O4.C16H16N4O3.C15H20BrN3O4.C11H13BrN2O2.C10H17NO5.C5H5BrN2.ClH.S3.S2.H2S/c1-14(35)25-19-8-16(17-10-28-15(2)29-11-17)6-7-20(19)34(32-25)13-24(37)33-12-18(36)9-21(33)26(38)31-23-5-3-4-22(27)30-23;1-9(21)16(17)13-4-3-11(5-14(13)20-8-15(22)23)12-6-18-10(2)19-7-12;1-15(2,3)23-14(22)19-8-9(20)7-10(19)13(21)18-12-6-4-5-11(16)17-12;12-11-3-1-2-7(14-11)4-10(16)9-5-8(15)6-13-9;1-10(2,3)16-9(15)11-5-6(12)4-7(11)8(13)14;6-4-2-1-3-5(7)8-4;;1-3-2;1-2;/h3-8,10-11,18,21,36H,9,12-13H2,1-2H3,(H,30,31,38);3-7,17,20H,8H2,1-2H3,(H,22,23);4-6,9-10,20H,7-8H2,1-3H3,(H,17,18,21);1-3,8-9,13,15H,4-6H2;6-7,12H,4-5H2,1-3H3,(H,13,14);1-3H,(H2,7,8);1H;;;1H2/t18-,21-;;9-,10-;8-,9-;6-,7-;;;;;/m0.000...../s1. The summed E-state index contributed by atoms with van der Waals surface area (Å²) >= 11 is 28.5. The van der Waals surface area contributed by atoms with E-state index in [-0.39, 0.29) is 107 Å². The molecule has 4 aliphatic rings. The van der Waals surface area contributed by atoms with Crippen molar-refractivity contribution in [1.29, 1.82) is 5.41 Å². The lowest BCUT2D eigenvalue weighted by Gasteiger charge is -2.27. The number of anilines is 4. The summed E-state index contributed by atoms with van der Waals surface area (Å²) in [4.78, 5) is 157. The number of halogens is 5. The van der Waals surface area contributed by atoms with Crippen molar-refractivity contribution < 1.29 is 88.1 Å². The molecule has 0 bridgehead atoms. The largest absolute Gasteiger partial charge is 0.480 e. The van der Waals surface area contributed by atoms with E-state index in [2.05, 4.69) is 175 Å². The fourth-order valence-electron chi connectivity index (χ4n) is 12.6. The number of nitrogens with two attached hydrogens (primary N) is 1. The smallest absolute Gasteiger partial charge is 0.411 e. The fourth-order valence-corrected chi connectivity index (χ4v) is 14.0. The number of ketones is 3. The molecule has 7 aromatic heterocycles. The number of aliphatic hydroxyl groups excluding tert-OH is 4. The average molecular weight is 2200 g/mol. The molecule has 4 saturated heterocycles. The van der Waals surface area contributed by atoms with Crippen molar-refractivity contribution in [3.63, 3.8) is 0 Å². The Hall–Kier alpha value is -9.70. The second-order valence-corrected chi connectivity index (χ2v) is 35.7. The molecule has 0 radical (unpaired) electrons. The Morgan fingerprint density at radius 1 is 0.588 bits per heavy atom. The van der Waals surface area contributed by atoms with E-state index < -0.39 is 101 Å². The number of rotatable bonds is 18. The summed E-state index contributed by atoms with van der Waals surface area (Å²) in [7, 11) is 0.917. The van der Waals surface area contributed by atoms with Crippen molar-refractivity contribution in [2.45, 2.75) is 168 Å². The summed E-state index contributed by atoms with van der Waals surface area (Å²) in [6, 6.07) is 28.8. The maximum Gasteiger partial charge on any atom is 0.411 e. The molecular formula is C83H98Br4ClN19O18S6. The number of Topliss-reactive ketones (excluding diaryl/α,β-unsaturated/α-hetero) is 3. The number of aliphatic hydroxyl groups is 4. The number of hydrogen-bond donors (Lipinski definition) is 12. The quantitative estimate of drug-likeness (QED) is 0.0216. The highest BCUT2D eigenvalue weighted by Crippen LogP contribution is 2.31. The number of aromatic nitrogens is 10. The molecule has 704 valence electrons. The van der Waals surface area contributed by atoms with Crippen LogP contribution in [0, 0.1) is 19.3 Å². The van der Waals surface area contributed by atoms with Crippen LogP contribution in [0.4, 0.5) is 32.7 Å². The van der Waals surface area contributed by atoms with Gasteiger partial charge in [0.1, 0.15) is 101 Å². The highest BCUT2D eigenvalue weighted by atomic mass is 79.9. The van der Waals surface area contributed by atoms with Gasteiger partial charge in [0.25, 0.3) is 0 Å². The van der Waals surface area contributed by atoms with Gasteiger partial charge in [-0.2, -0.15) is 18.6 Å². The Morgan fingerprint density at radius 3 is 1.44 bits per heavy atom. The predicted octanol–water partition coefficient (Wildman–Crippen LogP) is 9.89. The summed E-state index contributed by atoms with van der Waals surface area (Å²) in [6.45, 7) is 16.7. The average Bonchev–Trinajstić information content (AvgIpc) is 1.63. The van der Waals surface area contributed by atoms with E-state index in [1.165, 1.54) is 28.3 Å². The molecule has 37 nitrogen and oxygen atoms in total. The number of carboxylic acids is 2. The normalized spacial score (nSPS) is 17.3. The highest BCUT2D eigenvalue weighted by molar-refractivity contribution is 9.11. The predicted molar refractivity (Wildman–Crippen MR) is 525 cm³/mol. The van der Waals surface area contributed by atoms with Gasteiger partial charge in [-0.3, -0.25) is 53.5 Å². The number of benzene rings is 2. The number of hydrogen-bond acceptors (Lipinski definition) is 33. The van der Waals surface area contributed by atoms with E-state index >= 15 is 0 Å². The first-order valence-electron chi connectivity index (χ1n) is 39.0. The minimum atomic E-state index is -1.12. The molecular weight excluding hydrogens is 2100 g/mol. The van der Waals surface area contributed by atoms with Crippen molar-refractivity contribution in [2.24, 2.45) is 0 Å². The highest BCUT2D eigenvalue weighted by Gasteiger charge is 2.44. The van der Waals surface area contributed by atoms with E-state index in [1.54, 1.807) is 147 Å². The molecule has 4 fully saturated rings. The van der Waals surface area contributed by atoms with Crippen LogP contribution >= 0.6 is 89.6 Å². The lowest BCUT2D eigenvalue weighted by Crippen LogP contribution is -2.45. The maximum atomic E-state index is 13.4. The zero-order valence-electron chi connectivity index (χ0n) is 72.0. The first kappa shape index (κ1) is 114. The van der Waals surface area contributed by atoms with Crippen LogP contribution in [0.1, 0.15) is 114 Å². The van der Waals surface area contributed by atoms with E-state index in [4.69, 9.17) is 30.8 Å². The zero-order chi connectivity index (χ0) is 95.9. The third kappa shape index (κ3) is 37.4. The molecule has 5 amide bonds. The van der Waals surface area contributed by atoms with Crippen LogP contribution < -0.4 is 27.0 Å². The number of β-amino-alcohol motifs (C(OH)–C–C–N with tert-alkyl or cyclic N) is 4. The number of likely N-dealkylation sites (tertiary alicyclic amines) is 3. The Kier molecular flexibility index (Phi) is 47.2. The van der Waals surface area contributed by atoms with Gasteiger partial charge in [-0.1, -0.05) is 42.5 Å². The first-order chi connectivity index (χ1) is 60.8. The van der Waals surface area contributed by atoms with Crippen LogP contribution in [0.15, 0.2) is 152 Å². The van der Waals surface area contributed by atoms with Gasteiger partial charge in [0, 0.05) is 158 Å². The number of carbonyl (C=O) groups excluding carboxylic acids is 8. The lowest BCUT2D eigenvalue weighted by molar-refractivity contribution is -0.142. The van der Waals surface area contributed by atoms with Crippen LogP contribution in [-0.2, 0) is 110 Å². The summed E-state index contributed by atoms with van der Waals surface area (Å²) < 4.78 is 14.5. The number of nitrogens with zero attached hydrogens (tertiary/aromatic N) is 13. The fraction of sp³-hybridized carbons (Fsp3) is 0.373. The van der Waals surface area contributed by atoms with E-state index in [9.17, 15) is 68.4 Å². The first-order valence-corrected chi connectivity index (χ1v) is 46.2. The Labute approximate surface area is 823 Å². The Balaban J connectivity index is 0.000000341. The third-order valence-electron chi connectivity index (χ3n) is 18.3. The van der Waals surface area contributed by atoms with Crippen molar-refractivity contribution >= 4 is 242 Å². The molecule has 0 aliphatic carbocycles. The van der Waals surface area contributed by atoms with Gasteiger partial charge in [0.05, 0.1) is 55.5 Å². The molecule has 11 heterocycles. The van der Waals surface area contributed by atoms with Gasteiger partial charge in [0.2, 0.25) is 17.7 Å². The van der Waals surface area contributed by atoms with Crippen molar-refractivity contribution in [3.8, 4) is 22.3 Å². The van der Waals surface area contributed by atoms with E-state index in [1.807, 2.05) is 42.5 Å². The molecule has 0 saturated carbocycles. The molecule has 13 N–H and O–H groups in total. The molecule has 2 aromatic carbocycles. The Morgan fingerprint density at radius 2 is 1.02 bits per heavy atom. The molecule has 13 rings (SSSR count). The number of nitrogen functional groups attached to an aromatic ring is 1. The number of carboxylic acid groups (broad SMARTS) is 2. The number of aryl methyl sites for hydroxylation is 2. The molecule has 48 heteroatoms. The van der Waals surface area contributed by atoms with Gasteiger partial charge in [0.15, 0.2) is 17.3 Å². The second kappa shape index (κ2) is 54.5. The number of fused-ring (bicyclic) bond motifs is 1. The minimum absolute atomic E-state index is 0. The van der Waals surface area contributed by atoms with Crippen LogP contribution in [-0.4, -0.2) is 252 Å². The summed E-state index contributed by atoms with van der Waals surface area (Å²) in [6.07, 6.45) is 3.77. The molecule has 4 aliphatic heterocycles. The Bertz CT molecular complexity index is 5510. The number of aliphatic carboxylic acids is 2.